The molecule has 2 aromatic carbocycles. The molecular weight excluding hydrogens is 484 g/mol. The van der Waals surface area contributed by atoms with Crippen molar-refractivity contribution in [2.45, 2.75) is 38.1 Å². The highest BCUT2D eigenvalue weighted by Crippen LogP contribution is 2.26. The lowest BCUT2D eigenvalue weighted by Crippen LogP contribution is -2.63. The molecule has 0 bridgehead atoms. The van der Waals surface area contributed by atoms with Gasteiger partial charge in [0.1, 0.15) is 24.7 Å². The molecule has 1 heterocycles. The highest BCUT2D eigenvalue weighted by molar-refractivity contribution is 7.99. The normalized spacial score (nSPS) is 18.0. The van der Waals surface area contributed by atoms with Crippen molar-refractivity contribution >= 4 is 35.7 Å². The predicted octanol–water partition coefficient (Wildman–Crippen LogP) is 2.57. The predicted molar refractivity (Wildman–Crippen MR) is 134 cm³/mol. The van der Waals surface area contributed by atoms with Crippen LogP contribution in [0, 0.1) is 0 Å². The first-order chi connectivity index (χ1) is 17.4. The third-order valence-corrected chi connectivity index (χ3v) is 6.70. The number of carbonyl (C=O) groups is 4. The lowest BCUT2D eigenvalue weighted by molar-refractivity contribution is -0.162. The molecule has 0 radical (unpaired) electrons. The molecule has 1 aliphatic heterocycles. The second-order valence-electron chi connectivity index (χ2n) is 8.04. The zero-order valence-electron chi connectivity index (χ0n) is 20.3. The topological polar surface area (TPSA) is 111 Å². The van der Waals surface area contributed by atoms with Crippen molar-refractivity contribution < 1.29 is 33.4 Å². The number of methoxy groups -OCH3 is 1. The van der Waals surface area contributed by atoms with Gasteiger partial charge in [0.15, 0.2) is 0 Å². The van der Waals surface area contributed by atoms with E-state index in [2.05, 4.69) is 5.32 Å². The van der Waals surface area contributed by atoms with Crippen LogP contribution in [0.25, 0.3) is 0 Å². The van der Waals surface area contributed by atoms with Gasteiger partial charge < -0.3 is 24.4 Å². The molecule has 0 spiro atoms. The summed E-state index contributed by atoms with van der Waals surface area (Å²) in [6, 6.07) is 15.2. The number of alkyl carbamates (subject to hydrolysis) is 1. The monoisotopic (exact) mass is 514 g/mol. The van der Waals surface area contributed by atoms with E-state index in [1.54, 1.807) is 6.92 Å². The first-order valence-corrected chi connectivity index (χ1v) is 12.8. The molecule has 2 aromatic rings. The second kappa shape index (κ2) is 13.5. The summed E-state index contributed by atoms with van der Waals surface area (Å²) in [6.45, 7) is 1.82. The molecule has 1 aliphatic rings. The molecule has 10 heteroatoms. The van der Waals surface area contributed by atoms with Crippen LogP contribution in [0.1, 0.15) is 18.1 Å². The molecule has 0 unspecified atom stereocenters. The zero-order valence-corrected chi connectivity index (χ0v) is 21.1. The summed E-state index contributed by atoms with van der Waals surface area (Å²) in [4.78, 5) is 53.1. The molecule has 1 saturated heterocycles. The third kappa shape index (κ3) is 7.24. The van der Waals surface area contributed by atoms with Gasteiger partial charge in [-0.2, -0.15) is 11.8 Å². The van der Waals surface area contributed by atoms with E-state index >= 15 is 0 Å². The van der Waals surface area contributed by atoms with Gasteiger partial charge in [0, 0.05) is 17.9 Å². The van der Waals surface area contributed by atoms with Gasteiger partial charge in [0.05, 0.1) is 13.7 Å². The van der Waals surface area contributed by atoms with Crippen LogP contribution in [0.3, 0.4) is 0 Å². The van der Waals surface area contributed by atoms with Gasteiger partial charge in [-0.1, -0.05) is 60.7 Å². The molecule has 1 fully saturated rings. The van der Waals surface area contributed by atoms with Gasteiger partial charge in [-0.3, -0.25) is 4.79 Å². The Morgan fingerprint density at radius 2 is 1.50 bits per heavy atom. The lowest BCUT2D eigenvalue weighted by atomic mass is 10.0. The summed E-state index contributed by atoms with van der Waals surface area (Å²) in [6.07, 6.45) is -0.658. The molecule has 1 N–H and O–H groups in total. The van der Waals surface area contributed by atoms with Crippen molar-refractivity contribution in [3.63, 3.8) is 0 Å². The Morgan fingerprint density at radius 3 is 2.08 bits per heavy atom. The number of hydrogen-bond acceptors (Lipinski definition) is 8. The molecular formula is C26H30N2O7S. The van der Waals surface area contributed by atoms with Crippen LogP contribution >= 0.6 is 11.8 Å². The van der Waals surface area contributed by atoms with Gasteiger partial charge >= 0.3 is 18.0 Å². The van der Waals surface area contributed by atoms with E-state index in [1.807, 2.05) is 60.7 Å². The molecule has 2 amide bonds. The third-order valence-electron chi connectivity index (χ3n) is 5.59. The van der Waals surface area contributed by atoms with Crippen LogP contribution < -0.4 is 5.32 Å². The van der Waals surface area contributed by atoms with Crippen molar-refractivity contribution in [3.05, 3.63) is 71.8 Å². The summed E-state index contributed by atoms with van der Waals surface area (Å²) < 4.78 is 15.4. The first-order valence-electron chi connectivity index (χ1n) is 11.6. The molecule has 0 aromatic heterocycles. The van der Waals surface area contributed by atoms with E-state index in [1.165, 1.54) is 23.8 Å². The number of hydrogen-bond donors (Lipinski definition) is 1. The van der Waals surface area contributed by atoms with Crippen LogP contribution in [-0.2, 0) is 41.6 Å². The SMILES string of the molecule is CCOC(=O)[C@H]1CSC[C@@H](C(=O)OC)N1C(=O)[C@H](Cc1ccccc1)NC(=O)OCc1ccccc1. The summed E-state index contributed by atoms with van der Waals surface area (Å²) in [5.41, 5.74) is 1.58. The quantitative estimate of drug-likeness (QED) is 0.402. The Bertz CT molecular complexity index is 1040. The Hall–Kier alpha value is -3.53. The molecule has 3 rings (SSSR count). The van der Waals surface area contributed by atoms with E-state index in [0.717, 1.165) is 11.1 Å². The minimum Gasteiger partial charge on any atom is -0.467 e. The van der Waals surface area contributed by atoms with Crippen molar-refractivity contribution in [2.24, 2.45) is 0 Å². The molecule has 36 heavy (non-hydrogen) atoms. The summed E-state index contributed by atoms with van der Waals surface area (Å²) >= 11 is 1.36. The highest BCUT2D eigenvalue weighted by atomic mass is 32.2. The summed E-state index contributed by atoms with van der Waals surface area (Å²) in [5.74, 6) is -1.34. The number of ether oxygens (including phenoxy) is 3. The van der Waals surface area contributed by atoms with Crippen LogP contribution in [0.5, 0.6) is 0 Å². The minimum atomic E-state index is -1.09. The maximum atomic E-state index is 13.9. The Morgan fingerprint density at radius 1 is 0.917 bits per heavy atom. The maximum Gasteiger partial charge on any atom is 0.408 e. The second-order valence-corrected chi connectivity index (χ2v) is 9.11. The number of amides is 2. The van der Waals surface area contributed by atoms with Gasteiger partial charge in [-0.25, -0.2) is 14.4 Å². The Labute approximate surface area is 214 Å². The smallest absolute Gasteiger partial charge is 0.408 e. The van der Waals surface area contributed by atoms with Crippen molar-refractivity contribution in [3.8, 4) is 0 Å². The fourth-order valence-electron chi connectivity index (χ4n) is 3.85. The maximum absolute atomic E-state index is 13.9. The van der Waals surface area contributed by atoms with Gasteiger partial charge in [-0.05, 0) is 18.1 Å². The molecule has 3 atom stereocenters. The number of benzene rings is 2. The van der Waals surface area contributed by atoms with Crippen LogP contribution in [0.15, 0.2) is 60.7 Å². The fraction of sp³-hybridized carbons (Fsp3) is 0.385. The Kier molecular flexibility index (Phi) is 10.2. The number of esters is 2. The van der Waals surface area contributed by atoms with Crippen molar-refractivity contribution in [2.75, 3.05) is 25.2 Å². The number of carbonyl (C=O) groups excluding carboxylic acids is 4. The van der Waals surface area contributed by atoms with Gasteiger partial charge in [-0.15, -0.1) is 0 Å². The van der Waals surface area contributed by atoms with E-state index in [0.29, 0.717) is 0 Å². The van der Waals surface area contributed by atoms with E-state index in [4.69, 9.17) is 14.2 Å². The molecule has 0 saturated carbocycles. The van der Waals surface area contributed by atoms with Crippen LogP contribution in [0.2, 0.25) is 0 Å². The Balaban J connectivity index is 1.86. The van der Waals surface area contributed by atoms with Crippen LogP contribution in [-0.4, -0.2) is 72.2 Å². The van der Waals surface area contributed by atoms with Crippen molar-refractivity contribution in [1.82, 2.24) is 10.2 Å². The lowest BCUT2D eigenvalue weighted by Gasteiger charge is -2.40. The van der Waals surface area contributed by atoms with Gasteiger partial charge in [0.25, 0.3) is 0 Å². The van der Waals surface area contributed by atoms with Gasteiger partial charge in [0.2, 0.25) is 5.91 Å². The van der Waals surface area contributed by atoms with E-state index < -0.39 is 42.1 Å². The highest BCUT2D eigenvalue weighted by Gasteiger charge is 2.45. The largest absolute Gasteiger partial charge is 0.467 e. The first kappa shape index (κ1) is 27.1. The molecule has 9 nitrogen and oxygen atoms in total. The average Bonchev–Trinajstić information content (AvgIpc) is 2.91. The van der Waals surface area contributed by atoms with E-state index in [9.17, 15) is 19.2 Å². The van der Waals surface area contributed by atoms with Crippen molar-refractivity contribution in [1.29, 1.82) is 0 Å². The number of nitrogens with one attached hydrogen (secondary N) is 1. The summed E-state index contributed by atoms with van der Waals surface area (Å²) in [7, 11) is 1.23. The van der Waals surface area contributed by atoms with E-state index in [-0.39, 0.29) is 31.1 Å². The molecule has 192 valence electrons. The average molecular weight is 515 g/mol. The number of rotatable bonds is 9. The summed E-state index contributed by atoms with van der Waals surface area (Å²) in [5, 5.41) is 2.64. The number of thioether (sulfide) groups is 1. The fourth-order valence-corrected chi connectivity index (χ4v) is 5.03. The number of nitrogens with zero attached hydrogens (tertiary/aromatic N) is 1. The minimum absolute atomic E-state index is 0.0233. The standard InChI is InChI=1S/C26H30N2O7S/c1-3-34-25(31)22-17-36-16-21(24(30)33-2)28(22)23(29)20(14-18-10-6-4-7-11-18)27-26(32)35-15-19-12-8-5-9-13-19/h4-13,20-22H,3,14-17H2,1-2H3,(H,27,32)/t20-,21-,22+/m0/s1. The molecule has 0 aliphatic carbocycles. The van der Waals surface area contributed by atoms with Crippen LogP contribution in [0.4, 0.5) is 4.79 Å². The zero-order chi connectivity index (χ0) is 25.9.